The van der Waals surface area contributed by atoms with Crippen LogP contribution >= 0.6 is 0 Å². The van der Waals surface area contributed by atoms with Crippen molar-refractivity contribution in [2.45, 2.75) is 103 Å². The van der Waals surface area contributed by atoms with E-state index < -0.39 is 12.0 Å². The summed E-state index contributed by atoms with van der Waals surface area (Å²) < 4.78 is 0. The Kier molecular flexibility index (Phi) is 6.01. The van der Waals surface area contributed by atoms with Crippen LogP contribution in [0.3, 0.4) is 0 Å². The van der Waals surface area contributed by atoms with Crippen LogP contribution in [0.25, 0.3) is 0 Å². The summed E-state index contributed by atoms with van der Waals surface area (Å²) in [4.78, 5) is 35.8. The number of fused-ring (bicyclic) bond motifs is 5. The molecular weight excluding hydrogens is 404 g/mol. The van der Waals surface area contributed by atoms with Gasteiger partial charge in [0.25, 0.3) is 0 Å². The van der Waals surface area contributed by atoms with Crippen LogP contribution < -0.4 is 11.1 Å². The van der Waals surface area contributed by atoms with Crippen LogP contribution in [0.4, 0.5) is 0 Å². The van der Waals surface area contributed by atoms with Gasteiger partial charge in [0.15, 0.2) is 0 Å². The van der Waals surface area contributed by atoms with Gasteiger partial charge in [-0.3, -0.25) is 14.4 Å². The molecule has 4 saturated carbocycles. The first kappa shape index (κ1) is 23.7. The summed E-state index contributed by atoms with van der Waals surface area (Å²) in [6.07, 6.45) is 9.92. The average molecular weight is 447 g/mol. The van der Waals surface area contributed by atoms with Crippen molar-refractivity contribution < 1.29 is 19.5 Å². The van der Waals surface area contributed by atoms with Gasteiger partial charge in [-0.2, -0.15) is 0 Å². The van der Waals surface area contributed by atoms with Crippen molar-refractivity contribution in [3.05, 3.63) is 0 Å². The second-order valence-electron chi connectivity index (χ2n) is 12.4. The second-order valence-corrected chi connectivity index (χ2v) is 12.4. The number of carboxylic acids is 1. The maximum atomic E-state index is 12.5. The third-order valence-electron chi connectivity index (χ3n) is 10.6. The van der Waals surface area contributed by atoms with E-state index in [1.807, 2.05) is 0 Å². The number of carbonyl (C=O) groups excluding carboxylic acids is 2. The monoisotopic (exact) mass is 446 g/mol. The maximum absolute atomic E-state index is 12.5. The lowest BCUT2D eigenvalue weighted by Gasteiger charge is -2.62. The number of Topliss-reactive ketones (excluding diaryl/α,β-unsaturated/α-hetero) is 1. The van der Waals surface area contributed by atoms with Crippen LogP contribution in [0.2, 0.25) is 0 Å². The molecule has 180 valence electrons. The number of nitrogens with two attached hydrogens (primary N) is 1. The minimum Gasteiger partial charge on any atom is -0.480 e. The summed E-state index contributed by atoms with van der Waals surface area (Å²) in [7, 11) is 0. The van der Waals surface area contributed by atoms with Gasteiger partial charge in [0.1, 0.15) is 11.8 Å². The first-order valence-electron chi connectivity index (χ1n) is 12.7. The summed E-state index contributed by atoms with van der Waals surface area (Å²) in [6, 6.07) is -1.15. The van der Waals surface area contributed by atoms with Gasteiger partial charge in [-0.25, -0.2) is 0 Å². The summed E-state index contributed by atoms with van der Waals surface area (Å²) >= 11 is 0. The van der Waals surface area contributed by atoms with Crippen LogP contribution in [0.15, 0.2) is 0 Å². The molecule has 4 aliphatic carbocycles. The quantitative estimate of drug-likeness (QED) is 0.593. The van der Waals surface area contributed by atoms with Crippen molar-refractivity contribution >= 4 is 17.7 Å². The Balaban J connectivity index is 1.45. The van der Waals surface area contributed by atoms with Crippen LogP contribution in [-0.4, -0.2) is 34.3 Å². The van der Waals surface area contributed by atoms with Crippen molar-refractivity contribution in [2.75, 3.05) is 0 Å². The van der Waals surface area contributed by atoms with Crippen molar-refractivity contribution in [1.29, 1.82) is 0 Å². The normalized spacial score (nSPS) is 46.3. The molecule has 0 radical (unpaired) electrons. The van der Waals surface area contributed by atoms with E-state index in [4.69, 9.17) is 10.8 Å². The smallest absolute Gasteiger partial charge is 0.321 e. The molecule has 0 spiro atoms. The number of hydrogen-bond acceptors (Lipinski definition) is 4. The third kappa shape index (κ3) is 3.80. The molecule has 1 amide bonds. The summed E-state index contributed by atoms with van der Waals surface area (Å²) in [5, 5.41) is 12.2. The Bertz CT molecular complexity index is 799. The molecule has 0 unspecified atom stereocenters. The molecule has 6 heteroatoms. The molecular formula is C26H42N2O4. The van der Waals surface area contributed by atoms with Crippen molar-refractivity contribution in [1.82, 2.24) is 5.32 Å². The van der Waals surface area contributed by atoms with Crippen LogP contribution in [0.1, 0.15) is 91.9 Å². The topological polar surface area (TPSA) is 109 Å². The molecule has 32 heavy (non-hydrogen) atoms. The fraction of sp³-hybridized carbons (Fsp3) is 0.885. The number of rotatable bonds is 5. The molecule has 0 heterocycles. The predicted molar refractivity (Wildman–Crippen MR) is 123 cm³/mol. The third-order valence-corrected chi connectivity index (χ3v) is 10.6. The van der Waals surface area contributed by atoms with Gasteiger partial charge < -0.3 is 16.2 Å². The fourth-order valence-electron chi connectivity index (χ4n) is 8.91. The lowest BCUT2D eigenvalue weighted by Crippen LogP contribution is -2.59. The van der Waals surface area contributed by atoms with Gasteiger partial charge in [-0.05, 0) is 106 Å². The van der Waals surface area contributed by atoms with Crippen molar-refractivity contribution in [2.24, 2.45) is 46.2 Å². The second kappa shape index (κ2) is 8.11. The molecule has 4 fully saturated rings. The largest absolute Gasteiger partial charge is 0.480 e. The van der Waals surface area contributed by atoms with E-state index >= 15 is 0 Å². The molecule has 4 N–H and O–H groups in total. The fourth-order valence-corrected chi connectivity index (χ4v) is 8.91. The van der Waals surface area contributed by atoms with E-state index in [0.717, 1.165) is 31.6 Å². The van der Waals surface area contributed by atoms with E-state index in [0.29, 0.717) is 29.0 Å². The number of aliphatic carboxylic acids is 1. The summed E-state index contributed by atoms with van der Waals surface area (Å²) in [6.45, 7) is 8.81. The van der Waals surface area contributed by atoms with E-state index in [2.05, 4.69) is 26.1 Å². The van der Waals surface area contributed by atoms with Crippen LogP contribution in [-0.2, 0) is 14.4 Å². The minimum absolute atomic E-state index is 0.171. The Labute approximate surface area is 192 Å². The number of nitrogens with one attached hydrogen (secondary N) is 1. The highest BCUT2D eigenvalue weighted by Gasteiger charge is 2.61. The Morgan fingerprint density at radius 3 is 2.31 bits per heavy atom. The highest BCUT2D eigenvalue weighted by Crippen LogP contribution is 2.68. The number of carboxylic acid groups (broad SMARTS) is 1. The number of carbonyl (C=O) groups is 3. The zero-order valence-electron chi connectivity index (χ0n) is 20.3. The van der Waals surface area contributed by atoms with Crippen molar-refractivity contribution in [3.8, 4) is 0 Å². The van der Waals surface area contributed by atoms with Crippen molar-refractivity contribution in [3.63, 3.8) is 0 Å². The molecule has 4 rings (SSSR count). The Morgan fingerprint density at radius 1 is 0.969 bits per heavy atom. The summed E-state index contributed by atoms with van der Waals surface area (Å²) in [5.74, 6) is 1.94. The highest BCUT2D eigenvalue weighted by molar-refractivity contribution is 5.84. The first-order chi connectivity index (χ1) is 14.9. The molecule has 4 aliphatic rings. The predicted octanol–water partition coefficient (Wildman–Crippen LogP) is 3.91. The highest BCUT2D eigenvalue weighted by atomic mass is 16.4. The summed E-state index contributed by atoms with van der Waals surface area (Å²) in [5.41, 5.74) is 5.76. The Hall–Kier alpha value is -1.43. The van der Waals surface area contributed by atoms with Crippen LogP contribution in [0.5, 0.6) is 0 Å². The lowest BCUT2D eigenvalue weighted by atomic mass is 9.43. The van der Waals surface area contributed by atoms with Gasteiger partial charge >= 0.3 is 5.97 Å². The van der Waals surface area contributed by atoms with E-state index in [1.165, 1.54) is 32.1 Å². The van der Waals surface area contributed by atoms with E-state index in [1.54, 1.807) is 6.92 Å². The molecule has 0 saturated heterocycles. The molecule has 0 bridgehead atoms. The van der Waals surface area contributed by atoms with Gasteiger partial charge in [0.2, 0.25) is 5.91 Å². The van der Waals surface area contributed by atoms with Gasteiger partial charge in [0, 0.05) is 11.5 Å². The number of amides is 1. The molecule has 0 aromatic heterocycles. The van der Waals surface area contributed by atoms with Gasteiger partial charge in [-0.15, -0.1) is 0 Å². The Morgan fingerprint density at radius 2 is 1.66 bits per heavy atom. The van der Waals surface area contributed by atoms with Crippen LogP contribution in [0, 0.1) is 40.4 Å². The first-order valence-corrected chi connectivity index (χ1v) is 12.7. The zero-order chi connectivity index (χ0) is 23.5. The molecule has 6 nitrogen and oxygen atoms in total. The SMILES string of the molecule is CC(=O)[C@H]1CC[C@H]2[C@@H]3CC[C@H]4C[C@](C)(NC(=O)C[C@H](N)C(=O)O)CC[C@]4(C)[C@H]3CC[C@]12C. The minimum atomic E-state index is -1.15. The van der Waals surface area contributed by atoms with Gasteiger partial charge in [-0.1, -0.05) is 13.8 Å². The maximum Gasteiger partial charge on any atom is 0.321 e. The lowest BCUT2D eigenvalue weighted by molar-refractivity contribution is -0.142. The standard InChI is InChI=1S/C26H42N2O4/c1-15(29)18-7-8-19-17-6-5-16-14-24(2,28-22(30)13-21(27)23(31)32)11-12-25(16,3)20(17)9-10-26(18,19)4/h16-21H,5-14,27H2,1-4H3,(H,28,30)(H,31,32)/t16-,17-,18+,19-,20-,21-,24+,25-,26+/m0/s1. The average Bonchev–Trinajstić information content (AvgIpc) is 3.05. The molecule has 0 aromatic carbocycles. The molecule has 0 aliphatic heterocycles. The van der Waals surface area contributed by atoms with E-state index in [-0.39, 0.29) is 29.2 Å². The zero-order valence-corrected chi connectivity index (χ0v) is 20.3. The number of hydrogen-bond donors (Lipinski definition) is 3. The molecule has 9 atom stereocenters. The van der Waals surface area contributed by atoms with Gasteiger partial charge in [0.05, 0.1) is 6.42 Å². The molecule has 0 aromatic rings. The van der Waals surface area contributed by atoms with E-state index in [9.17, 15) is 14.4 Å². The number of ketones is 1.